The molecule has 1 saturated heterocycles. The number of ether oxygens (including phenoxy) is 1. The number of fused-ring (bicyclic) bond motifs is 1. The summed E-state index contributed by atoms with van der Waals surface area (Å²) in [6.07, 6.45) is 3.01. The Kier molecular flexibility index (Phi) is 4.57. The zero-order valence-corrected chi connectivity index (χ0v) is 15.3. The lowest BCUT2D eigenvalue weighted by molar-refractivity contribution is 0.374. The zero-order valence-electron chi connectivity index (χ0n) is 15.3. The number of hydrazine groups is 1. The maximum absolute atomic E-state index is 5.42. The lowest BCUT2D eigenvalue weighted by Gasteiger charge is -2.17. The van der Waals surface area contributed by atoms with E-state index >= 15 is 0 Å². The van der Waals surface area contributed by atoms with Crippen LogP contribution in [0.2, 0.25) is 0 Å². The van der Waals surface area contributed by atoms with E-state index in [-0.39, 0.29) is 0 Å². The predicted octanol–water partition coefficient (Wildman–Crippen LogP) is 2.39. The van der Waals surface area contributed by atoms with Gasteiger partial charge < -0.3 is 4.74 Å². The Bertz CT molecular complexity index is 898. The molecule has 26 heavy (non-hydrogen) atoms. The molecule has 1 aliphatic rings. The SMILES string of the molecule is COc1cccc2ccc(-c3cn(CCC4C(C)NNC4C)nn3)nc12. The largest absolute Gasteiger partial charge is 0.494 e. The van der Waals surface area contributed by atoms with Crippen LogP contribution >= 0.6 is 0 Å². The normalized spacial score (nSPS) is 22.8. The first kappa shape index (κ1) is 16.9. The number of aromatic nitrogens is 4. The lowest BCUT2D eigenvalue weighted by Crippen LogP contribution is -2.30. The van der Waals surface area contributed by atoms with Crippen molar-refractivity contribution in [1.29, 1.82) is 0 Å². The minimum atomic E-state index is 0.461. The van der Waals surface area contributed by atoms with Crippen molar-refractivity contribution in [2.75, 3.05) is 7.11 Å². The van der Waals surface area contributed by atoms with Gasteiger partial charge in [0.1, 0.15) is 17.0 Å². The number of para-hydroxylation sites is 1. The molecule has 4 rings (SSSR count). The molecule has 1 fully saturated rings. The van der Waals surface area contributed by atoms with Crippen molar-refractivity contribution in [3.05, 3.63) is 36.5 Å². The fraction of sp³-hybridized carbons (Fsp3) is 0.421. The van der Waals surface area contributed by atoms with Crippen LogP contribution in [0.25, 0.3) is 22.3 Å². The fourth-order valence-electron chi connectivity index (χ4n) is 3.64. The summed E-state index contributed by atoms with van der Waals surface area (Å²) >= 11 is 0. The Morgan fingerprint density at radius 3 is 2.65 bits per heavy atom. The topological polar surface area (TPSA) is 76.9 Å². The second-order valence-electron chi connectivity index (χ2n) is 6.91. The molecule has 2 atom stereocenters. The van der Waals surface area contributed by atoms with Gasteiger partial charge in [-0.3, -0.25) is 15.5 Å². The van der Waals surface area contributed by atoms with Crippen LogP contribution in [-0.2, 0) is 6.54 Å². The Balaban J connectivity index is 1.53. The molecule has 0 bridgehead atoms. The molecule has 0 spiro atoms. The Hall–Kier alpha value is -2.51. The molecule has 0 amide bonds. The van der Waals surface area contributed by atoms with Crippen molar-refractivity contribution >= 4 is 10.9 Å². The molecule has 0 aliphatic carbocycles. The van der Waals surface area contributed by atoms with E-state index in [9.17, 15) is 0 Å². The molecule has 0 saturated carbocycles. The number of aryl methyl sites for hydroxylation is 1. The van der Waals surface area contributed by atoms with Crippen molar-refractivity contribution < 1.29 is 4.74 Å². The molecule has 1 aromatic carbocycles. The average Bonchev–Trinajstić information content (AvgIpc) is 3.26. The number of benzene rings is 1. The number of rotatable bonds is 5. The molecule has 136 valence electrons. The molecule has 3 heterocycles. The van der Waals surface area contributed by atoms with E-state index in [0.29, 0.717) is 18.0 Å². The summed E-state index contributed by atoms with van der Waals surface area (Å²) in [5.41, 5.74) is 9.02. The molecule has 3 aromatic rings. The number of hydrogen-bond donors (Lipinski definition) is 2. The number of hydrogen-bond acceptors (Lipinski definition) is 6. The number of nitrogens with one attached hydrogen (secondary N) is 2. The minimum absolute atomic E-state index is 0.461. The van der Waals surface area contributed by atoms with Crippen LogP contribution in [0.5, 0.6) is 5.75 Å². The van der Waals surface area contributed by atoms with Crippen LogP contribution in [0.3, 0.4) is 0 Å². The Labute approximate surface area is 152 Å². The molecular weight excluding hydrogens is 328 g/mol. The molecular formula is C19H24N6O. The summed E-state index contributed by atoms with van der Waals surface area (Å²) in [7, 11) is 1.66. The molecule has 7 nitrogen and oxygen atoms in total. The number of pyridine rings is 1. The van der Waals surface area contributed by atoms with Gasteiger partial charge in [0, 0.05) is 24.0 Å². The second kappa shape index (κ2) is 7.01. The summed E-state index contributed by atoms with van der Waals surface area (Å²) in [6, 6.07) is 10.8. The third-order valence-electron chi connectivity index (χ3n) is 5.22. The van der Waals surface area contributed by atoms with Gasteiger partial charge in [-0.2, -0.15) is 0 Å². The summed E-state index contributed by atoms with van der Waals surface area (Å²) in [5.74, 6) is 1.34. The van der Waals surface area contributed by atoms with E-state index in [2.05, 4.69) is 35.0 Å². The van der Waals surface area contributed by atoms with Crippen LogP contribution in [0.4, 0.5) is 0 Å². The monoisotopic (exact) mass is 352 g/mol. The van der Waals surface area contributed by atoms with E-state index in [1.807, 2.05) is 41.2 Å². The van der Waals surface area contributed by atoms with Gasteiger partial charge in [-0.15, -0.1) is 5.10 Å². The average molecular weight is 352 g/mol. The van der Waals surface area contributed by atoms with Gasteiger partial charge in [0.2, 0.25) is 0 Å². The van der Waals surface area contributed by atoms with Crippen molar-refractivity contribution in [3.8, 4) is 17.1 Å². The summed E-state index contributed by atoms with van der Waals surface area (Å²) in [6.45, 7) is 5.26. The van der Waals surface area contributed by atoms with E-state index in [4.69, 9.17) is 9.72 Å². The predicted molar refractivity (Wildman–Crippen MR) is 101 cm³/mol. The highest BCUT2D eigenvalue weighted by Gasteiger charge is 2.29. The third-order valence-corrected chi connectivity index (χ3v) is 5.22. The molecule has 1 aliphatic heterocycles. The van der Waals surface area contributed by atoms with E-state index in [0.717, 1.165) is 41.0 Å². The van der Waals surface area contributed by atoms with Crippen molar-refractivity contribution in [3.63, 3.8) is 0 Å². The first-order valence-corrected chi connectivity index (χ1v) is 9.01. The van der Waals surface area contributed by atoms with Gasteiger partial charge in [-0.25, -0.2) is 4.98 Å². The highest BCUT2D eigenvalue weighted by molar-refractivity contribution is 5.86. The van der Waals surface area contributed by atoms with Crippen molar-refractivity contribution in [2.45, 2.75) is 38.9 Å². The first-order valence-electron chi connectivity index (χ1n) is 9.01. The fourth-order valence-corrected chi connectivity index (χ4v) is 3.64. The highest BCUT2D eigenvalue weighted by atomic mass is 16.5. The maximum atomic E-state index is 5.42. The van der Waals surface area contributed by atoms with Gasteiger partial charge in [-0.05, 0) is 38.3 Å². The van der Waals surface area contributed by atoms with Crippen LogP contribution < -0.4 is 15.6 Å². The van der Waals surface area contributed by atoms with Gasteiger partial charge >= 0.3 is 0 Å². The highest BCUT2D eigenvalue weighted by Crippen LogP contribution is 2.26. The minimum Gasteiger partial charge on any atom is -0.494 e. The van der Waals surface area contributed by atoms with Gasteiger partial charge in [0.05, 0.1) is 19.0 Å². The van der Waals surface area contributed by atoms with Crippen molar-refractivity contribution in [1.82, 2.24) is 30.8 Å². The van der Waals surface area contributed by atoms with Crippen LogP contribution in [-0.4, -0.2) is 39.2 Å². The standard InChI is InChI=1S/C19H24N6O/c1-12-15(13(2)22-21-12)9-10-25-11-17(23-24-25)16-8-7-14-5-4-6-18(26-3)19(14)20-16/h4-8,11-13,15,21-22H,9-10H2,1-3H3. The van der Waals surface area contributed by atoms with Gasteiger partial charge in [-0.1, -0.05) is 23.4 Å². The van der Waals surface area contributed by atoms with Crippen molar-refractivity contribution in [2.24, 2.45) is 5.92 Å². The summed E-state index contributed by atoms with van der Waals surface area (Å²) in [4.78, 5) is 4.73. The first-order chi connectivity index (χ1) is 12.7. The van der Waals surface area contributed by atoms with Gasteiger partial charge in [0.15, 0.2) is 0 Å². The number of nitrogens with zero attached hydrogens (tertiary/aromatic N) is 4. The van der Waals surface area contributed by atoms with E-state index in [1.54, 1.807) is 7.11 Å². The smallest absolute Gasteiger partial charge is 0.145 e. The van der Waals surface area contributed by atoms with Crippen LogP contribution in [0.1, 0.15) is 20.3 Å². The second-order valence-corrected chi connectivity index (χ2v) is 6.91. The molecule has 0 radical (unpaired) electrons. The maximum Gasteiger partial charge on any atom is 0.145 e. The molecule has 2 unspecified atom stereocenters. The third kappa shape index (κ3) is 3.15. The summed E-state index contributed by atoms with van der Waals surface area (Å²) < 4.78 is 7.33. The van der Waals surface area contributed by atoms with E-state index in [1.165, 1.54) is 0 Å². The van der Waals surface area contributed by atoms with Crippen LogP contribution in [0, 0.1) is 5.92 Å². The summed E-state index contributed by atoms with van der Waals surface area (Å²) in [5, 5.41) is 9.64. The zero-order chi connectivity index (χ0) is 18.1. The quantitative estimate of drug-likeness (QED) is 0.734. The van der Waals surface area contributed by atoms with E-state index < -0.39 is 0 Å². The molecule has 7 heteroatoms. The Morgan fingerprint density at radius 1 is 1.08 bits per heavy atom. The van der Waals surface area contributed by atoms with Crippen LogP contribution in [0.15, 0.2) is 36.5 Å². The lowest BCUT2D eigenvalue weighted by atomic mass is 9.93. The molecule has 2 N–H and O–H groups in total. The Morgan fingerprint density at radius 2 is 1.88 bits per heavy atom. The molecule has 2 aromatic heterocycles. The number of methoxy groups -OCH3 is 1. The van der Waals surface area contributed by atoms with Gasteiger partial charge in [0.25, 0.3) is 0 Å².